The molecule has 1 aliphatic carbocycles. The minimum atomic E-state index is 0.252. The highest BCUT2D eigenvalue weighted by Gasteiger charge is 2.36. The highest BCUT2D eigenvalue weighted by Crippen LogP contribution is 2.42. The van der Waals surface area contributed by atoms with Crippen molar-refractivity contribution in [3.05, 3.63) is 24.3 Å². The largest absolute Gasteiger partial charge is 0.382 e. The molecule has 1 saturated carbocycles. The van der Waals surface area contributed by atoms with Gasteiger partial charge in [0.05, 0.1) is 0 Å². The summed E-state index contributed by atoms with van der Waals surface area (Å²) in [4.78, 5) is 13.7. The third-order valence-corrected chi connectivity index (χ3v) is 4.94. The van der Waals surface area contributed by atoms with Gasteiger partial charge < -0.3 is 10.2 Å². The summed E-state index contributed by atoms with van der Waals surface area (Å²) in [6.45, 7) is 7.91. The Morgan fingerprint density at radius 1 is 1.19 bits per heavy atom. The van der Waals surface area contributed by atoms with Gasteiger partial charge in [0.1, 0.15) is 0 Å². The topological polar surface area (TPSA) is 32.3 Å². The Morgan fingerprint density at radius 2 is 1.90 bits per heavy atom. The smallest absolute Gasteiger partial charge is 0.227 e. The Bertz CT molecular complexity index is 521. The lowest BCUT2D eigenvalue weighted by Crippen LogP contribution is -2.24. The third-order valence-electron chi connectivity index (χ3n) is 4.94. The summed E-state index contributed by atoms with van der Waals surface area (Å²) in [7, 11) is 0. The zero-order valence-corrected chi connectivity index (χ0v) is 13.4. The van der Waals surface area contributed by atoms with Crippen molar-refractivity contribution in [3.8, 4) is 0 Å². The van der Waals surface area contributed by atoms with Crippen molar-refractivity contribution in [2.24, 2.45) is 11.3 Å². The molecular formula is C18H26N2O. The normalized spacial score (nSPS) is 28.1. The molecule has 3 rings (SSSR count). The zero-order chi connectivity index (χ0) is 15.0. The summed E-state index contributed by atoms with van der Waals surface area (Å²) in [6, 6.07) is 8.91. The molecule has 1 aromatic rings. The van der Waals surface area contributed by atoms with E-state index >= 15 is 0 Å². The summed E-state index contributed by atoms with van der Waals surface area (Å²) in [5.41, 5.74) is 2.64. The Labute approximate surface area is 127 Å². The van der Waals surface area contributed by atoms with Crippen LogP contribution in [-0.2, 0) is 4.79 Å². The average Bonchev–Trinajstić information content (AvgIpc) is 2.94. The molecule has 21 heavy (non-hydrogen) atoms. The van der Waals surface area contributed by atoms with Crippen molar-refractivity contribution in [2.45, 2.75) is 52.5 Å². The number of amides is 1. The molecule has 0 aromatic heterocycles. The van der Waals surface area contributed by atoms with Crippen LogP contribution in [0.15, 0.2) is 24.3 Å². The molecule has 2 unspecified atom stereocenters. The first-order chi connectivity index (χ1) is 9.94. The number of anilines is 2. The van der Waals surface area contributed by atoms with Crippen molar-refractivity contribution < 1.29 is 4.79 Å². The van der Waals surface area contributed by atoms with E-state index in [1.165, 1.54) is 18.5 Å². The second-order valence-corrected chi connectivity index (χ2v) is 7.50. The van der Waals surface area contributed by atoms with Crippen LogP contribution in [0.4, 0.5) is 11.4 Å². The molecule has 114 valence electrons. The van der Waals surface area contributed by atoms with E-state index in [1.807, 2.05) is 4.90 Å². The lowest BCUT2D eigenvalue weighted by Gasteiger charge is -2.21. The number of carbonyl (C=O) groups is 1. The van der Waals surface area contributed by atoms with Crippen molar-refractivity contribution in [3.63, 3.8) is 0 Å². The number of nitrogens with one attached hydrogen (secondary N) is 1. The molecule has 1 aromatic carbocycles. The average molecular weight is 286 g/mol. The van der Waals surface area contributed by atoms with Crippen LogP contribution in [0, 0.1) is 11.3 Å². The quantitative estimate of drug-likeness (QED) is 0.909. The maximum absolute atomic E-state index is 11.8. The number of carbonyl (C=O) groups excluding carboxylic acids is 1. The Morgan fingerprint density at radius 3 is 2.43 bits per heavy atom. The molecule has 2 fully saturated rings. The van der Waals surface area contributed by atoms with Gasteiger partial charge in [0, 0.05) is 30.4 Å². The molecule has 1 saturated heterocycles. The Balaban J connectivity index is 1.66. The number of rotatable bonds is 3. The van der Waals surface area contributed by atoms with Gasteiger partial charge in [-0.25, -0.2) is 0 Å². The summed E-state index contributed by atoms with van der Waals surface area (Å²) in [5, 5.41) is 3.67. The molecule has 2 aliphatic rings. The molecule has 0 radical (unpaired) electrons. The molecule has 1 amide bonds. The van der Waals surface area contributed by atoms with Gasteiger partial charge in [-0.05, 0) is 54.9 Å². The first-order valence-corrected chi connectivity index (χ1v) is 8.12. The van der Waals surface area contributed by atoms with Crippen molar-refractivity contribution >= 4 is 17.3 Å². The number of nitrogens with zero attached hydrogens (tertiary/aromatic N) is 1. The van der Waals surface area contributed by atoms with Gasteiger partial charge in [-0.3, -0.25) is 4.79 Å². The van der Waals surface area contributed by atoms with Crippen LogP contribution in [0.25, 0.3) is 0 Å². The van der Waals surface area contributed by atoms with E-state index in [-0.39, 0.29) is 5.91 Å². The monoisotopic (exact) mass is 286 g/mol. The first kappa shape index (κ1) is 14.4. The van der Waals surface area contributed by atoms with Gasteiger partial charge in [-0.1, -0.05) is 20.8 Å². The van der Waals surface area contributed by atoms with Gasteiger partial charge in [-0.2, -0.15) is 0 Å². The van der Waals surface area contributed by atoms with Crippen molar-refractivity contribution in [2.75, 3.05) is 16.8 Å². The second kappa shape index (κ2) is 5.36. The summed E-state index contributed by atoms with van der Waals surface area (Å²) in [5.74, 6) is 0.960. The third kappa shape index (κ3) is 3.07. The standard InChI is InChI=1S/C18H26N2O/c1-13-11-18(2,3)12-16(13)19-14-6-8-15(9-7-14)20-10-4-5-17(20)21/h6-9,13,16,19H,4-5,10-12H2,1-3H3. The number of hydrogen-bond donors (Lipinski definition) is 1. The summed E-state index contributed by atoms with van der Waals surface area (Å²) in [6.07, 6.45) is 4.17. The molecule has 0 spiro atoms. The van der Waals surface area contributed by atoms with Crippen LogP contribution >= 0.6 is 0 Å². The lowest BCUT2D eigenvalue weighted by molar-refractivity contribution is -0.117. The molecular weight excluding hydrogens is 260 g/mol. The van der Waals surface area contributed by atoms with E-state index in [1.54, 1.807) is 0 Å². The fourth-order valence-corrected chi connectivity index (χ4v) is 3.96. The van der Waals surface area contributed by atoms with Crippen LogP contribution in [0.5, 0.6) is 0 Å². The Hall–Kier alpha value is -1.51. The first-order valence-electron chi connectivity index (χ1n) is 8.12. The molecule has 1 N–H and O–H groups in total. The highest BCUT2D eigenvalue weighted by atomic mass is 16.2. The number of hydrogen-bond acceptors (Lipinski definition) is 2. The fraction of sp³-hybridized carbons (Fsp3) is 0.611. The van der Waals surface area contributed by atoms with Gasteiger partial charge >= 0.3 is 0 Å². The van der Waals surface area contributed by atoms with E-state index in [0.717, 1.165) is 18.7 Å². The highest BCUT2D eigenvalue weighted by molar-refractivity contribution is 5.95. The fourth-order valence-electron chi connectivity index (χ4n) is 3.96. The molecule has 0 bridgehead atoms. The lowest BCUT2D eigenvalue weighted by atomic mass is 9.91. The van der Waals surface area contributed by atoms with Crippen molar-refractivity contribution in [1.29, 1.82) is 0 Å². The van der Waals surface area contributed by atoms with E-state index < -0.39 is 0 Å². The summed E-state index contributed by atoms with van der Waals surface area (Å²) >= 11 is 0. The molecule has 3 heteroatoms. The second-order valence-electron chi connectivity index (χ2n) is 7.50. The SMILES string of the molecule is CC1CC(C)(C)CC1Nc1ccc(N2CCCC2=O)cc1. The van der Waals surface area contributed by atoms with Crippen LogP contribution in [0.2, 0.25) is 0 Å². The van der Waals surface area contributed by atoms with E-state index in [0.29, 0.717) is 23.8 Å². The van der Waals surface area contributed by atoms with Gasteiger partial charge in [0.15, 0.2) is 0 Å². The van der Waals surface area contributed by atoms with Crippen LogP contribution in [0.3, 0.4) is 0 Å². The van der Waals surface area contributed by atoms with Crippen LogP contribution in [-0.4, -0.2) is 18.5 Å². The minimum Gasteiger partial charge on any atom is -0.382 e. The summed E-state index contributed by atoms with van der Waals surface area (Å²) < 4.78 is 0. The maximum Gasteiger partial charge on any atom is 0.227 e. The van der Waals surface area contributed by atoms with E-state index in [2.05, 4.69) is 50.4 Å². The van der Waals surface area contributed by atoms with E-state index in [9.17, 15) is 4.79 Å². The molecule has 3 nitrogen and oxygen atoms in total. The molecule has 2 atom stereocenters. The van der Waals surface area contributed by atoms with Crippen molar-refractivity contribution in [1.82, 2.24) is 0 Å². The van der Waals surface area contributed by atoms with E-state index in [4.69, 9.17) is 0 Å². The van der Waals surface area contributed by atoms with Gasteiger partial charge in [0.2, 0.25) is 5.91 Å². The van der Waals surface area contributed by atoms with Gasteiger partial charge in [0.25, 0.3) is 0 Å². The van der Waals surface area contributed by atoms with Gasteiger partial charge in [-0.15, -0.1) is 0 Å². The Kier molecular flexibility index (Phi) is 3.68. The van der Waals surface area contributed by atoms with Crippen LogP contribution < -0.4 is 10.2 Å². The predicted molar refractivity (Wildman–Crippen MR) is 87.6 cm³/mol. The maximum atomic E-state index is 11.8. The zero-order valence-electron chi connectivity index (χ0n) is 13.4. The molecule has 1 aliphatic heterocycles. The molecule has 1 heterocycles. The number of benzene rings is 1. The van der Waals surface area contributed by atoms with Crippen LogP contribution in [0.1, 0.15) is 46.5 Å². The predicted octanol–water partition coefficient (Wildman–Crippen LogP) is 4.05. The minimum absolute atomic E-state index is 0.252.